The number of nitrogens with zero attached hydrogens (tertiary/aromatic N) is 1. The van der Waals surface area contributed by atoms with Crippen LogP contribution in [0.3, 0.4) is 0 Å². The van der Waals surface area contributed by atoms with Gasteiger partial charge in [-0.1, -0.05) is 24.3 Å². The van der Waals surface area contributed by atoms with Gasteiger partial charge in [-0.15, -0.1) is 0 Å². The largest absolute Gasteiger partial charge is 0.378 e. The van der Waals surface area contributed by atoms with E-state index in [1.807, 2.05) is 6.07 Å². The van der Waals surface area contributed by atoms with Crippen LogP contribution in [0.1, 0.15) is 29.5 Å². The van der Waals surface area contributed by atoms with Gasteiger partial charge in [0.1, 0.15) is 0 Å². The van der Waals surface area contributed by atoms with Gasteiger partial charge in [0.15, 0.2) is 0 Å². The predicted octanol–water partition coefficient (Wildman–Crippen LogP) is 3.07. The molecule has 3 N–H and O–H groups in total. The Morgan fingerprint density at radius 2 is 2.00 bits per heavy atom. The lowest BCUT2D eigenvalue weighted by molar-refractivity contribution is -0.384. The highest BCUT2D eigenvalue weighted by Gasteiger charge is 2.38. The number of anilines is 1. The third-order valence-electron chi connectivity index (χ3n) is 5.10. The first-order valence-electron chi connectivity index (χ1n) is 8.19. The second-order valence-electron chi connectivity index (χ2n) is 6.62. The number of benzene rings is 2. The van der Waals surface area contributed by atoms with Crippen LogP contribution in [0.15, 0.2) is 59.5 Å². The van der Waals surface area contributed by atoms with Crippen LogP contribution in [-0.2, 0) is 10.0 Å². The van der Waals surface area contributed by atoms with Crippen LogP contribution in [0.4, 0.5) is 11.4 Å². The molecule has 1 aliphatic carbocycles. The summed E-state index contributed by atoms with van der Waals surface area (Å²) >= 11 is 0. The zero-order chi connectivity index (χ0) is 18.5. The van der Waals surface area contributed by atoms with Crippen LogP contribution in [0.2, 0.25) is 0 Å². The Hall–Kier alpha value is -2.71. The summed E-state index contributed by atoms with van der Waals surface area (Å²) in [6.07, 6.45) is 4.95. The summed E-state index contributed by atoms with van der Waals surface area (Å²) in [5.41, 5.74) is 2.61. The summed E-state index contributed by atoms with van der Waals surface area (Å²) in [4.78, 5) is 10.8. The second-order valence-corrected chi connectivity index (χ2v) is 8.18. The molecule has 134 valence electrons. The van der Waals surface area contributed by atoms with Gasteiger partial charge in [-0.05, 0) is 41.7 Å². The fraction of sp³-hybridized carbons (Fsp3) is 0.222. The quantitative estimate of drug-likeness (QED) is 0.489. The van der Waals surface area contributed by atoms with E-state index in [9.17, 15) is 18.5 Å². The molecule has 0 unspecified atom stereocenters. The molecule has 2 aliphatic rings. The molecule has 4 rings (SSSR count). The number of nitro benzene ring substituents is 1. The summed E-state index contributed by atoms with van der Waals surface area (Å²) in [6.45, 7) is 0. The summed E-state index contributed by atoms with van der Waals surface area (Å²) in [7, 11) is -3.77. The van der Waals surface area contributed by atoms with Crippen molar-refractivity contribution in [3.05, 3.63) is 75.9 Å². The zero-order valence-corrected chi connectivity index (χ0v) is 14.5. The second kappa shape index (κ2) is 5.93. The highest BCUT2D eigenvalue weighted by molar-refractivity contribution is 7.89. The Labute approximate surface area is 150 Å². The molecule has 2 aromatic carbocycles. The van der Waals surface area contributed by atoms with Crippen molar-refractivity contribution in [1.82, 2.24) is 0 Å². The van der Waals surface area contributed by atoms with Crippen LogP contribution < -0.4 is 10.5 Å². The number of nitrogens with one attached hydrogen (secondary N) is 1. The maximum Gasteiger partial charge on any atom is 0.269 e. The first kappa shape index (κ1) is 16.7. The van der Waals surface area contributed by atoms with Crippen LogP contribution in [0.25, 0.3) is 0 Å². The number of nitro groups is 1. The van der Waals surface area contributed by atoms with Crippen molar-refractivity contribution < 1.29 is 13.3 Å². The smallest absolute Gasteiger partial charge is 0.269 e. The van der Waals surface area contributed by atoms with E-state index >= 15 is 0 Å². The van der Waals surface area contributed by atoms with Crippen molar-refractivity contribution in [2.24, 2.45) is 11.1 Å². The molecule has 1 aliphatic heterocycles. The molecule has 0 radical (unpaired) electrons. The number of hydrogen-bond acceptors (Lipinski definition) is 5. The lowest BCUT2D eigenvalue weighted by atomic mass is 9.77. The number of primary sulfonamides is 1. The van der Waals surface area contributed by atoms with Gasteiger partial charge in [0.2, 0.25) is 10.0 Å². The minimum Gasteiger partial charge on any atom is -0.378 e. The predicted molar refractivity (Wildman–Crippen MR) is 97.3 cm³/mol. The Bertz CT molecular complexity index is 1030. The molecular weight excluding hydrogens is 354 g/mol. The van der Waals surface area contributed by atoms with E-state index in [0.29, 0.717) is 0 Å². The lowest BCUT2D eigenvalue weighted by Gasteiger charge is -2.37. The molecule has 2 aromatic rings. The molecule has 0 saturated carbocycles. The normalized spacial score (nSPS) is 23.8. The Morgan fingerprint density at radius 1 is 1.19 bits per heavy atom. The van der Waals surface area contributed by atoms with E-state index in [4.69, 9.17) is 5.14 Å². The Morgan fingerprint density at radius 3 is 2.73 bits per heavy atom. The van der Waals surface area contributed by atoms with E-state index in [1.165, 1.54) is 12.1 Å². The standard InChI is InChI=1S/C18H17N3O4S/c19-26(24,25)13-7-8-17-16(10-13)14-5-2-6-15(14)18(20-17)11-3-1-4-12(9-11)21(22)23/h1-5,7-10,14-15,18,20H,6H2,(H2,19,24,25)/t14-,15+,18-/m0/s1. The van der Waals surface area contributed by atoms with E-state index in [1.54, 1.807) is 24.3 Å². The number of rotatable bonds is 3. The van der Waals surface area contributed by atoms with Gasteiger partial charge in [-0.2, -0.15) is 0 Å². The van der Waals surface area contributed by atoms with Gasteiger partial charge in [0.25, 0.3) is 5.69 Å². The van der Waals surface area contributed by atoms with Gasteiger partial charge < -0.3 is 5.32 Å². The van der Waals surface area contributed by atoms with Crippen molar-refractivity contribution >= 4 is 21.4 Å². The van der Waals surface area contributed by atoms with Crippen molar-refractivity contribution in [1.29, 1.82) is 0 Å². The van der Waals surface area contributed by atoms with Gasteiger partial charge in [0, 0.05) is 23.7 Å². The summed E-state index contributed by atoms with van der Waals surface area (Å²) in [5.74, 6) is 0.192. The molecule has 0 spiro atoms. The molecule has 3 atom stereocenters. The van der Waals surface area contributed by atoms with Crippen molar-refractivity contribution in [2.45, 2.75) is 23.3 Å². The average molecular weight is 371 g/mol. The lowest BCUT2D eigenvalue weighted by Crippen LogP contribution is -2.29. The molecule has 0 fully saturated rings. The van der Waals surface area contributed by atoms with Gasteiger partial charge >= 0.3 is 0 Å². The number of allylic oxidation sites excluding steroid dienone is 2. The monoisotopic (exact) mass is 371 g/mol. The van der Waals surface area contributed by atoms with E-state index in [2.05, 4.69) is 17.5 Å². The molecule has 8 heteroatoms. The summed E-state index contributed by atoms with van der Waals surface area (Å²) in [6, 6.07) is 11.3. The van der Waals surface area contributed by atoms with E-state index in [-0.39, 0.29) is 28.5 Å². The molecule has 0 saturated heterocycles. The minimum absolute atomic E-state index is 0.0391. The highest BCUT2D eigenvalue weighted by atomic mass is 32.2. The topological polar surface area (TPSA) is 115 Å². The number of sulfonamides is 1. The Balaban J connectivity index is 1.78. The van der Waals surface area contributed by atoms with Crippen LogP contribution >= 0.6 is 0 Å². The van der Waals surface area contributed by atoms with E-state index in [0.717, 1.165) is 23.2 Å². The molecule has 1 heterocycles. The van der Waals surface area contributed by atoms with Crippen LogP contribution in [-0.4, -0.2) is 13.3 Å². The number of fused-ring (bicyclic) bond motifs is 3. The van der Waals surface area contributed by atoms with Crippen molar-refractivity contribution in [2.75, 3.05) is 5.32 Å². The van der Waals surface area contributed by atoms with Gasteiger partial charge in [-0.3, -0.25) is 10.1 Å². The third kappa shape index (κ3) is 2.77. The minimum atomic E-state index is -3.77. The summed E-state index contributed by atoms with van der Waals surface area (Å²) in [5, 5.41) is 19.8. The number of hydrogen-bond donors (Lipinski definition) is 2. The van der Waals surface area contributed by atoms with Crippen LogP contribution in [0.5, 0.6) is 0 Å². The Kier molecular flexibility index (Phi) is 3.82. The molecule has 0 amide bonds. The average Bonchev–Trinajstić information content (AvgIpc) is 3.10. The molecule has 0 aromatic heterocycles. The number of non-ortho nitro benzene ring substituents is 1. The van der Waals surface area contributed by atoms with Crippen molar-refractivity contribution in [3.8, 4) is 0 Å². The van der Waals surface area contributed by atoms with Gasteiger partial charge in [0.05, 0.1) is 15.9 Å². The first-order chi connectivity index (χ1) is 12.3. The molecule has 26 heavy (non-hydrogen) atoms. The first-order valence-corrected chi connectivity index (χ1v) is 9.73. The van der Waals surface area contributed by atoms with Crippen LogP contribution in [0, 0.1) is 16.0 Å². The van der Waals surface area contributed by atoms with E-state index < -0.39 is 14.9 Å². The maximum absolute atomic E-state index is 11.7. The highest BCUT2D eigenvalue weighted by Crippen LogP contribution is 2.50. The maximum atomic E-state index is 11.7. The fourth-order valence-electron chi connectivity index (χ4n) is 3.91. The fourth-order valence-corrected chi connectivity index (χ4v) is 4.46. The summed E-state index contributed by atoms with van der Waals surface area (Å²) < 4.78 is 23.3. The van der Waals surface area contributed by atoms with Crippen molar-refractivity contribution in [3.63, 3.8) is 0 Å². The zero-order valence-electron chi connectivity index (χ0n) is 13.7. The molecule has 7 nitrogen and oxygen atoms in total. The SMILES string of the molecule is NS(=O)(=O)c1ccc2c(c1)[C@H]1C=CC[C@H]1[C@H](c1cccc([N+](=O)[O-])c1)N2. The van der Waals surface area contributed by atoms with Gasteiger partial charge in [-0.25, -0.2) is 13.6 Å². The molecule has 0 bridgehead atoms. The third-order valence-corrected chi connectivity index (χ3v) is 6.01. The molecular formula is C18H17N3O4S. The number of nitrogens with two attached hydrogens (primary N) is 1.